The van der Waals surface area contributed by atoms with Crippen molar-refractivity contribution in [3.63, 3.8) is 0 Å². The SMILES string of the molecule is O=C(COc1ccc2ccc(=O)[nH]c2c1)c1ccc(-c2ccccc2)cc1. The molecule has 0 amide bonds. The first-order valence-electron chi connectivity index (χ1n) is 8.64. The van der Waals surface area contributed by atoms with Crippen LogP contribution in [0.4, 0.5) is 0 Å². The van der Waals surface area contributed by atoms with Gasteiger partial charge in [0, 0.05) is 17.7 Å². The molecule has 0 saturated carbocycles. The van der Waals surface area contributed by atoms with Gasteiger partial charge in [0.15, 0.2) is 12.4 Å². The summed E-state index contributed by atoms with van der Waals surface area (Å²) in [4.78, 5) is 26.6. The van der Waals surface area contributed by atoms with Crippen molar-refractivity contribution in [1.82, 2.24) is 4.98 Å². The van der Waals surface area contributed by atoms with Crippen LogP contribution in [0.1, 0.15) is 10.4 Å². The summed E-state index contributed by atoms with van der Waals surface area (Å²) in [5.41, 5.74) is 3.28. The molecular formula is C23H17NO3. The Morgan fingerprint density at radius 2 is 1.52 bits per heavy atom. The van der Waals surface area contributed by atoms with Crippen molar-refractivity contribution >= 4 is 16.7 Å². The van der Waals surface area contributed by atoms with E-state index in [0.717, 1.165) is 16.5 Å². The Balaban J connectivity index is 1.45. The Kier molecular flexibility index (Phi) is 4.54. The van der Waals surface area contributed by atoms with Crippen LogP contribution >= 0.6 is 0 Å². The summed E-state index contributed by atoms with van der Waals surface area (Å²) in [6, 6.07) is 26.1. The van der Waals surface area contributed by atoms with Crippen LogP contribution in [-0.2, 0) is 0 Å². The van der Waals surface area contributed by atoms with Crippen LogP contribution in [0.5, 0.6) is 5.75 Å². The van der Waals surface area contributed by atoms with Gasteiger partial charge in [-0.05, 0) is 34.7 Å². The second-order valence-corrected chi connectivity index (χ2v) is 6.23. The Hall–Kier alpha value is -3.66. The Bertz CT molecular complexity index is 1150. The van der Waals surface area contributed by atoms with Crippen molar-refractivity contribution in [2.45, 2.75) is 0 Å². The Morgan fingerprint density at radius 1 is 0.815 bits per heavy atom. The van der Waals surface area contributed by atoms with E-state index in [9.17, 15) is 9.59 Å². The van der Waals surface area contributed by atoms with Gasteiger partial charge in [0.25, 0.3) is 0 Å². The Labute approximate surface area is 156 Å². The molecule has 0 saturated heterocycles. The molecule has 0 radical (unpaired) electrons. The van der Waals surface area contributed by atoms with Crippen LogP contribution in [0.2, 0.25) is 0 Å². The predicted molar refractivity (Wildman–Crippen MR) is 106 cm³/mol. The minimum absolute atomic E-state index is 0.0622. The number of aromatic amines is 1. The standard InChI is InChI=1S/C23H17NO3/c25-22(19-8-6-17(7-9-19)16-4-2-1-3-5-16)15-27-20-12-10-18-11-13-23(26)24-21(18)14-20/h1-14H,15H2,(H,24,26). The molecule has 132 valence electrons. The summed E-state index contributed by atoms with van der Waals surface area (Å²) in [6.07, 6.45) is 0. The van der Waals surface area contributed by atoms with E-state index in [1.54, 1.807) is 18.2 Å². The third-order valence-electron chi connectivity index (χ3n) is 4.38. The second-order valence-electron chi connectivity index (χ2n) is 6.23. The maximum absolute atomic E-state index is 12.4. The van der Waals surface area contributed by atoms with Crippen LogP contribution in [0, 0.1) is 0 Å². The van der Waals surface area contributed by atoms with Gasteiger partial charge in [-0.25, -0.2) is 0 Å². The fraction of sp³-hybridized carbons (Fsp3) is 0.0435. The van der Waals surface area contributed by atoms with Gasteiger partial charge < -0.3 is 9.72 Å². The number of ether oxygens (including phenoxy) is 1. The highest BCUT2D eigenvalue weighted by Crippen LogP contribution is 2.20. The fourth-order valence-corrected chi connectivity index (χ4v) is 2.93. The van der Waals surface area contributed by atoms with Gasteiger partial charge in [-0.3, -0.25) is 9.59 Å². The van der Waals surface area contributed by atoms with Gasteiger partial charge in [0.05, 0.1) is 5.52 Å². The highest BCUT2D eigenvalue weighted by molar-refractivity contribution is 5.97. The number of Topliss-reactive ketones (excluding diaryl/α,β-unsaturated/α-hetero) is 1. The number of hydrogen-bond acceptors (Lipinski definition) is 3. The van der Waals surface area contributed by atoms with Gasteiger partial charge in [0.2, 0.25) is 5.56 Å². The number of ketones is 1. The number of nitrogens with one attached hydrogen (secondary N) is 1. The molecule has 0 bridgehead atoms. The van der Waals surface area contributed by atoms with Gasteiger partial charge in [-0.1, -0.05) is 54.6 Å². The summed E-state index contributed by atoms with van der Waals surface area (Å²) >= 11 is 0. The third kappa shape index (κ3) is 3.80. The summed E-state index contributed by atoms with van der Waals surface area (Å²) in [5, 5.41) is 0.907. The number of H-pyrrole nitrogens is 1. The molecule has 4 aromatic rings. The first kappa shape index (κ1) is 16.8. The molecule has 4 rings (SSSR count). The molecule has 1 aromatic heterocycles. The molecule has 0 atom stereocenters. The average Bonchev–Trinajstić information content (AvgIpc) is 2.72. The zero-order valence-electron chi connectivity index (χ0n) is 14.5. The van der Waals surface area contributed by atoms with E-state index >= 15 is 0 Å². The summed E-state index contributed by atoms with van der Waals surface area (Å²) in [6.45, 7) is -0.0622. The highest BCUT2D eigenvalue weighted by atomic mass is 16.5. The molecule has 1 N–H and O–H groups in total. The molecule has 0 aliphatic rings. The van der Waals surface area contributed by atoms with Crippen molar-refractivity contribution in [2.24, 2.45) is 0 Å². The monoisotopic (exact) mass is 355 g/mol. The number of carbonyl (C=O) groups is 1. The number of benzene rings is 3. The average molecular weight is 355 g/mol. The summed E-state index contributed by atoms with van der Waals surface area (Å²) in [5.74, 6) is 0.440. The zero-order valence-corrected chi connectivity index (χ0v) is 14.5. The molecule has 0 aliphatic heterocycles. The number of carbonyl (C=O) groups excluding carboxylic acids is 1. The molecule has 4 nitrogen and oxygen atoms in total. The smallest absolute Gasteiger partial charge is 0.248 e. The van der Waals surface area contributed by atoms with Crippen molar-refractivity contribution in [2.75, 3.05) is 6.61 Å². The highest BCUT2D eigenvalue weighted by Gasteiger charge is 2.08. The maximum atomic E-state index is 12.4. The van der Waals surface area contributed by atoms with Gasteiger partial charge in [-0.15, -0.1) is 0 Å². The summed E-state index contributed by atoms with van der Waals surface area (Å²) in [7, 11) is 0. The number of aromatic nitrogens is 1. The molecule has 0 unspecified atom stereocenters. The molecule has 27 heavy (non-hydrogen) atoms. The fourth-order valence-electron chi connectivity index (χ4n) is 2.93. The Morgan fingerprint density at radius 3 is 2.30 bits per heavy atom. The molecule has 1 heterocycles. The van der Waals surface area contributed by atoms with Crippen molar-refractivity contribution in [3.8, 4) is 16.9 Å². The molecule has 4 heteroatoms. The molecule has 0 fully saturated rings. The maximum Gasteiger partial charge on any atom is 0.248 e. The van der Waals surface area contributed by atoms with Gasteiger partial charge in [0.1, 0.15) is 5.75 Å². The lowest BCUT2D eigenvalue weighted by Crippen LogP contribution is -2.11. The van der Waals surface area contributed by atoms with Crippen molar-refractivity contribution in [3.05, 3.63) is 101 Å². The van der Waals surface area contributed by atoms with E-state index in [1.165, 1.54) is 6.07 Å². The van der Waals surface area contributed by atoms with E-state index in [2.05, 4.69) is 4.98 Å². The lowest BCUT2D eigenvalue weighted by molar-refractivity contribution is 0.0921. The number of pyridine rings is 1. The van der Waals surface area contributed by atoms with E-state index in [1.807, 2.05) is 60.7 Å². The lowest BCUT2D eigenvalue weighted by atomic mass is 10.0. The predicted octanol–water partition coefficient (Wildman–Crippen LogP) is 4.46. The first-order valence-corrected chi connectivity index (χ1v) is 8.64. The van der Waals surface area contributed by atoms with Crippen LogP contribution in [0.15, 0.2) is 89.7 Å². The molecule has 3 aromatic carbocycles. The number of hydrogen-bond donors (Lipinski definition) is 1. The van der Waals surface area contributed by atoms with Gasteiger partial charge in [-0.2, -0.15) is 0 Å². The van der Waals surface area contributed by atoms with E-state index in [-0.39, 0.29) is 17.9 Å². The van der Waals surface area contributed by atoms with Crippen LogP contribution < -0.4 is 10.3 Å². The summed E-state index contributed by atoms with van der Waals surface area (Å²) < 4.78 is 5.61. The minimum Gasteiger partial charge on any atom is -0.485 e. The van der Waals surface area contributed by atoms with Crippen molar-refractivity contribution in [1.29, 1.82) is 0 Å². The largest absolute Gasteiger partial charge is 0.485 e. The number of fused-ring (bicyclic) bond motifs is 1. The van der Waals surface area contributed by atoms with Crippen LogP contribution in [0.3, 0.4) is 0 Å². The van der Waals surface area contributed by atoms with Crippen LogP contribution in [-0.4, -0.2) is 17.4 Å². The normalized spacial score (nSPS) is 10.7. The second kappa shape index (κ2) is 7.30. The lowest BCUT2D eigenvalue weighted by Gasteiger charge is -2.08. The third-order valence-corrected chi connectivity index (χ3v) is 4.38. The van der Waals surface area contributed by atoms with E-state index < -0.39 is 0 Å². The first-order chi connectivity index (χ1) is 13.2. The zero-order chi connectivity index (χ0) is 18.6. The number of rotatable bonds is 5. The van der Waals surface area contributed by atoms with Crippen LogP contribution in [0.25, 0.3) is 22.0 Å². The van der Waals surface area contributed by atoms with E-state index in [4.69, 9.17) is 4.74 Å². The van der Waals surface area contributed by atoms with Gasteiger partial charge >= 0.3 is 0 Å². The molecular weight excluding hydrogens is 338 g/mol. The topological polar surface area (TPSA) is 59.2 Å². The molecule has 0 spiro atoms. The van der Waals surface area contributed by atoms with E-state index in [0.29, 0.717) is 16.8 Å². The minimum atomic E-state index is -0.172. The molecule has 0 aliphatic carbocycles. The van der Waals surface area contributed by atoms with Crippen molar-refractivity contribution < 1.29 is 9.53 Å². The quantitative estimate of drug-likeness (QED) is 0.538.